The smallest absolute Gasteiger partial charge is 0.273 e. The van der Waals surface area contributed by atoms with Crippen molar-refractivity contribution in [3.63, 3.8) is 0 Å². The number of rotatable bonds is 1. The number of carbonyl (C=O) groups excluding carboxylic acids is 1. The predicted molar refractivity (Wildman–Crippen MR) is 50.4 cm³/mol. The second-order valence-corrected chi connectivity index (χ2v) is 3.28. The standard InChI is InChI=1S/C8H4Cl2N2O/c9-5-1-2-12-4-11-7(8(10)13)6(12)3-5/h1-4H. The summed E-state index contributed by atoms with van der Waals surface area (Å²) in [7, 11) is 0. The molecule has 0 saturated carbocycles. The molecule has 0 spiro atoms. The Bertz CT molecular complexity index is 478. The quantitative estimate of drug-likeness (QED) is 0.684. The summed E-state index contributed by atoms with van der Waals surface area (Å²) in [6.45, 7) is 0. The third kappa shape index (κ3) is 1.41. The molecular weight excluding hydrogens is 211 g/mol. The Morgan fingerprint density at radius 2 is 2.31 bits per heavy atom. The van der Waals surface area contributed by atoms with E-state index in [-0.39, 0.29) is 5.69 Å². The van der Waals surface area contributed by atoms with E-state index in [1.54, 1.807) is 22.7 Å². The molecule has 0 amide bonds. The third-order valence-corrected chi connectivity index (χ3v) is 2.10. The second-order valence-electron chi connectivity index (χ2n) is 2.50. The molecule has 0 aliphatic heterocycles. The molecule has 0 aliphatic carbocycles. The molecule has 3 nitrogen and oxygen atoms in total. The first-order valence-electron chi connectivity index (χ1n) is 3.50. The first-order valence-corrected chi connectivity index (χ1v) is 4.26. The highest BCUT2D eigenvalue weighted by atomic mass is 35.5. The van der Waals surface area contributed by atoms with Gasteiger partial charge in [0.05, 0.1) is 5.52 Å². The van der Waals surface area contributed by atoms with Crippen LogP contribution < -0.4 is 0 Å². The first kappa shape index (κ1) is 8.53. The van der Waals surface area contributed by atoms with Crippen molar-refractivity contribution in [2.45, 2.75) is 0 Å². The summed E-state index contributed by atoms with van der Waals surface area (Å²) in [6.07, 6.45) is 3.23. The van der Waals surface area contributed by atoms with Gasteiger partial charge in [-0.25, -0.2) is 4.98 Å². The van der Waals surface area contributed by atoms with Gasteiger partial charge >= 0.3 is 0 Å². The van der Waals surface area contributed by atoms with E-state index in [2.05, 4.69) is 4.98 Å². The second kappa shape index (κ2) is 3.01. The molecule has 0 unspecified atom stereocenters. The number of halogens is 2. The van der Waals surface area contributed by atoms with Crippen molar-refractivity contribution in [1.82, 2.24) is 9.38 Å². The van der Waals surface area contributed by atoms with E-state index in [0.717, 1.165) is 0 Å². The van der Waals surface area contributed by atoms with Gasteiger partial charge in [0.1, 0.15) is 12.0 Å². The van der Waals surface area contributed by atoms with Crippen LogP contribution in [0.1, 0.15) is 10.5 Å². The van der Waals surface area contributed by atoms with Crippen molar-refractivity contribution in [3.05, 3.63) is 35.4 Å². The summed E-state index contributed by atoms with van der Waals surface area (Å²) in [5.74, 6) is 0. The maximum Gasteiger partial charge on any atom is 0.273 e. The van der Waals surface area contributed by atoms with Crippen molar-refractivity contribution < 1.29 is 4.79 Å². The molecule has 0 radical (unpaired) electrons. The van der Waals surface area contributed by atoms with Crippen LogP contribution in [0, 0.1) is 0 Å². The zero-order valence-corrected chi connectivity index (χ0v) is 7.88. The van der Waals surface area contributed by atoms with E-state index in [4.69, 9.17) is 23.2 Å². The largest absolute Gasteiger partial charge is 0.305 e. The van der Waals surface area contributed by atoms with Gasteiger partial charge in [0.15, 0.2) is 0 Å². The topological polar surface area (TPSA) is 34.4 Å². The molecule has 0 bridgehead atoms. The van der Waals surface area contributed by atoms with E-state index in [1.807, 2.05) is 0 Å². The minimum absolute atomic E-state index is 0.226. The fourth-order valence-electron chi connectivity index (χ4n) is 1.11. The highest BCUT2D eigenvalue weighted by molar-refractivity contribution is 6.68. The lowest BCUT2D eigenvalue weighted by atomic mass is 10.3. The van der Waals surface area contributed by atoms with Crippen LogP contribution in [0.5, 0.6) is 0 Å². The van der Waals surface area contributed by atoms with Crippen molar-refractivity contribution in [3.8, 4) is 0 Å². The Morgan fingerprint density at radius 3 is 3.00 bits per heavy atom. The average molecular weight is 215 g/mol. The van der Waals surface area contributed by atoms with Crippen molar-refractivity contribution in [2.75, 3.05) is 0 Å². The molecule has 2 rings (SSSR count). The van der Waals surface area contributed by atoms with Crippen LogP contribution in [0.2, 0.25) is 5.02 Å². The van der Waals surface area contributed by atoms with E-state index in [1.165, 1.54) is 6.33 Å². The van der Waals surface area contributed by atoms with Crippen LogP contribution >= 0.6 is 23.2 Å². The zero-order chi connectivity index (χ0) is 9.42. The van der Waals surface area contributed by atoms with Crippen LogP contribution in [0.25, 0.3) is 5.52 Å². The van der Waals surface area contributed by atoms with Gasteiger partial charge in [0.2, 0.25) is 0 Å². The highest BCUT2D eigenvalue weighted by Gasteiger charge is 2.10. The molecule has 0 saturated heterocycles. The van der Waals surface area contributed by atoms with Crippen LogP contribution in [-0.4, -0.2) is 14.6 Å². The fraction of sp³-hybridized carbons (Fsp3) is 0. The molecule has 2 aromatic rings. The number of hydrogen-bond donors (Lipinski definition) is 0. The Morgan fingerprint density at radius 1 is 1.54 bits per heavy atom. The minimum atomic E-state index is -0.579. The summed E-state index contributed by atoms with van der Waals surface area (Å²) in [5.41, 5.74) is 0.844. The van der Waals surface area contributed by atoms with Crippen LogP contribution in [0.15, 0.2) is 24.7 Å². The molecule has 0 aromatic carbocycles. The number of fused-ring (bicyclic) bond motifs is 1. The van der Waals surface area contributed by atoms with Crippen molar-refractivity contribution in [1.29, 1.82) is 0 Å². The van der Waals surface area contributed by atoms with Crippen molar-refractivity contribution in [2.24, 2.45) is 0 Å². The molecule has 0 fully saturated rings. The molecule has 5 heteroatoms. The Balaban J connectivity index is 2.79. The van der Waals surface area contributed by atoms with E-state index < -0.39 is 5.24 Å². The molecule has 0 atom stereocenters. The number of aromatic nitrogens is 2. The molecular formula is C8H4Cl2N2O. The Kier molecular flexibility index (Phi) is 1.98. The SMILES string of the molecule is O=C(Cl)c1ncn2ccc(Cl)cc12. The lowest BCUT2D eigenvalue weighted by Gasteiger charge is -1.94. The van der Waals surface area contributed by atoms with Crippen LogP contribution in [-0.2, 0) is 0 Å². The van der Waals surface area contributed by atoms with E-state index >= 15 is 0 Å². The fourth-order valence-corrected chi connectivity index (χ4v) is 1.42. The average Bonchev–Trinajstić information content (AvgIpc) is 2.46. The van der Waals surface area contributed by atoms with E-state index in [0.29, 0.717) is 10.5 Å². The minimum Gasteiger partial charge on any atom is -0.305 e. The lowest BCUT2D eigenvalue weighted by Crippen LogP contribution is -1.90. The molecule has 2 heterocycles. The first-order chi connectivity index (χ1) is 6.18. The predicted octanol–water partition coefficient (Wildman–Crippen LogP) is 2.37. The number of pyridine rings is 1. The summed E-state index contributed by atoms with van der Waals surface area (Å²) in [5, 5.41) is -0.0306. The van der Waals surface area contributed by atoms with Gasteiger partial charge in [0, 0.05) is 11.2 Å². The Hall–Kier alpha value is -1.06. The third-order valence-electron chi connectivity index (χ3n) is 1.69. The number of imidazole rings is 1. The molecule has 0 aliphatic rings. The van der Waals surface area contributed by atoms with Gasteiger partial charge in [-0.1, -0.05) is 11.6 Å². The summed E-state index contributed by atoms with van der Waals surface area (Å²) in [6, 6.07) is 3.35. The van der Waals surface area contributed by atoms with Crippen LogP contribution in [0.4, 0.5) is 0 Å². The monoisotopic (exact) mass is 214 g/mol. The number of hydrogen-bond acceptors (Lipinski definition) is 2. The highest BCUT2D eigenvalue weighted by Crippen LogP contribution is 2.16. The van der Waals surface area contributed by atoms with Gasteiger partial charge in [-0.3, -0.25) is 4.79 Å². The molecule has 2 aromatic heterocycles. The normalized spacial score (nSPS) is 10.6. The van der Waals surface area contributed by atoms with Gasteiger partial charge in [-0.15, -0.1) is 0 Å². The molecule has 0 N–H and O–H groups in total. The summed E-state index contributed by atoms with van der Waals surface area (Å²) < 4.78 is 1.68. The maximum atomic E-state index is 10.9. The van der Waals surface area contributed by atoms with Gasteiger partial charge < -0.3 is 4.40 Å². The molecule has 66 valence electrons. The summed E-state index contributed by atoms with van der Waals surface area (Å²) in [4.78, 5) is 14.7. The Labute approximate surface area is 83.9 Å². The molecule has 13 heavy (non-hydrogen) atoms. The number of carbonyl (C=O) groups is 1. The zero-order valence-electron chi connectivity index (χ0n) is 6.37. The van der Waals surface area contributed by atoms with E-state index in [9.17, 15) is 4.79 Å². The maximum absolute atomic E-state index is 10.9. The van der Waals surface area contributed by atoms with Crippen LogP contribution in [0.3, 0.4) is 0 Å². The van der Waals surface area contributed by atoms with Gasteiger partial charge in [0.25, 0.3) is 5.24 Å². The van der Waals surface area contributed by atoms with Gasteiger partial charge in [-0.2, -0.15) is 0 Å². The number of nitrogens with zero attached hydrogens (tertiary/aromatic N) is 2. The van der Waals surface area contributed by atoms with Crippen molar-refractivity contribution >= 4 is 34.0 Å². The lowest BCUT2D eigenvalue weighted by molar-refractivity contribution is 0.107. The summed E-state index contributed by atoms with van der Waals surface area (Å²) >= 11 is 11.1. The van der Waals surface area contributed by atoms with Gasteiger partial charge in [-0.05, 0) is 23.7 Å².